The van der Waals surface area contributed by atoms with Crippen molar-refractivity contribution in [1.82, 2.24) is 30.3 Å². The van der Waals surface area contributed by atoms with Gasteiger partial charge in [-0.1, -0.05) is 6.07 Å². The number of rotatable bonds is 10. The lowest BCUT2D eigenvalue weighted by atomic mass is 9.75. The van der Waals surface area contributed by atoms with Crippen LogP contribution in [0.25, 0.3) is 0 Å². The fourth-order valence-electron chi connectivity index (χ4n) is 5.44. The van der Waals surface area contributed by atoms with Crippen LogP contribution in [-0.4, -0.2) is 110 Å². The van der Waals surface area contributed by atoms with E-state index in [9.17, 15) is 0 Å². The Labute approximate surface area is 198 Å². The molecule has 7 nitrogen and oxygen atoms in total. The molecule has 2 bridgehead atoms. The van der Waals surface area contributed by atoms with Crippen LogP contribution in [0.15, 0.2) is 24.4 Å². The Hall–Kier alpha value is -1.32. The van der Waals surface area contributed by atoms with E-state index < -0.39 is 0 Å². The molecule has 4 aliphatic heterocycles. The molecular weight excluding hydrogens is 420 g/mol. The van der Waals surface area contributed by atoms with Crippen LogP contribution < -0.4 is 10.6 Å². The van der Waals surface area contributed by atoms with E-state index in [-0.39, 0.29) is 0 Å². The number of ether oxygens (including phenoxy) is 1. The zero-order chi connectivity index (χ0) is 22.2. The van der Waals surface area contributed by atoms with Crippen molar-refractivity contribution in [3.05, 3.63) is 30.1 Å². The average Bonchev–Trinajstić information content (AvgIpc) is 2.83. The Morgan fingerprint density at radius 3 is 2.88 bits per heavy atom. The molecule has 32 heavy (non-hydrogen) atoms. The van der Waals surface area contributed by atoms with E-state index in [1.54, 1.807) is 0 Å². The number of pyridine rings is 1. The van der Waals surface area contributed by atoms with Gasteiger partial charge in [-0.2, -0.15) is 0 Å². The van der Waals surface area contributed by atoms with Crippen LogP contribution in [0.4, 0.5) is 0 Å². The summed E-state index contributed by atoms with van der Waals surface area (Å²) in [6.45, 7) is 11.4. The summed E-state index contributed by atoms with van der Waals surface area (Å²) in [5.74, 6) is 1.62. The lowest BCUT2D eigenvalue weighted by molar-refractivity contribution is -0.00764. The van der Waals surface area contributed by atoms with Crippen molar-refractivity contribution in [2.24, 2.45) is 11.8 Å². The normalized spacial score (nSPS) is 28.1. The maximum atomic E-state index is 5.53. The highest BCUT2D eigenvalue weighted by molar-refractivity contribution is 7.80. The third-order valence-corrected chi connectivity index (χ3v) is 7.64. The lowest BCUT2D eigenvalue weighted by Crippen LogP contribution is -2.58. The maximum Gasteiger partial charge on any atom is 0.166 e. The van der Waals surface area contributed by atoms with Gasteiger partial charge in [-0.15, -0.1) is 0 Å². The van der Waals surface area contributed by atoms with E-state index in [4.69, 9.17) is 17.0 Å². The molecule has 0 aliphatic carbocycles. The van der Waals surface area contributed by atoms with Crippen LogP contribution in [0, 0.1) is 11.8 Å². The first-order valence-electron chi connectivity index (χ1n) is 12.3. The van der Waals surface area contributed by atoms with Gasteiger partial charge in [-0.25, -0.2) is 0 Å². The summed E-state index contributed by atoms with van der Waals surface area (Å²) in [5.41, 5.74) is 1.19. The zero-order valence-electron chi connectivity index (χ0n) is 19.5. The molecule has 5 heterocycles. The molecule has 1 aromatic heterocycles. The van der Waals surface area contributed by atoms with Crippen molar-refractivity contribution in [3.63, 3.8) is 0 Å². The second-order valence-corrected chi connectivity index (χ2v) is 10.0. The van der Waals surface area contributed by atoms with Crippen LogP contribution in [0.3, 0.4) is 0 Å². The Kier molecular flexibility index (Phi) is 9.11. The maximum absolute atomic E-state index is 5.53. The summed E-state index contributed by atoms with van der Waals surface area (Å²) in [4.78, 5) is 12.1. The minimum Gasteiger partial charge on any atom is -0.379 e. The largest absolute Gasteiger partial charge is 0.379 e. The van der Waals surface area contributed by atoms with E-state index in [0.29, 0.717) is 6.04 Å². The van der Waals surface area contributed by atoms with Gasteiger partial charge in [0.25, 0.3) is 0 Å². The fraction of sp³-hybridized carbons (Fsp3) is 0.750. The van der Waals surface area contributed by atoms with Gasteiger partial charge in [0, 0.05) is 76.7 Å². The number of fused-ring (bicyclic) bond motifs is 3. The molecule has 1 unspecified atom stereocenters. The van der Waals surface area contributed by atoms with Crippen LogP contribution in [0.2, 0.25) is 0 Å². The minimum atomic E-state index is 0.614. The summed E-state index contributed by atoms with van der Waals surface area (Å²) >= 11 is 5.53. The molecule has 0 saturated carbocycles. The number of hydrogen-bond donors (Lipinski definition) is 2. The van der Waals surface area contributed by atoms with Gasteiger partial charge in [0.2, 0.25) is 0 Å². The van der Waals surface area contributed by atoms with E-state index >= 15 is 0 Å². The van der Waals surface area contributed by atoms with Gasteiger partial charge in [-0.3, -0.25) is 14.8 Å². The van der Waals surface area contributed by atoms with Crippen molar-refractivity contribution in [2.45, 2.75) is 25.3 Å². The molecule has 0 aromatic carbocycles. The van der Waals surface area contributed by atoms with Gasteiger partial charge in [0.15, 0.2) is 5.11 Å². The van der Waals surface area contributed by atoms with Gasteiger partial charge in [-0.05, 0) is 62.6 Å². The molecule has 5 rings (SSSR count). The highest BCUT2D eigenvalue weighted by Crippen LogP contribution is 2.36. The third-order valence-electron chi connectivity index (χ3n) is 7.35. The molecule has 178 valence electrons. The van der Waals surface area contributed by atoms with Gasteiger partial charge in [0.05, 0.1) is 13.2 Å². The second kappa shape index (κ2) is 12.2. The first kappa shape index (κ1) is 23.8. The molecule has 8 heteroatoms. The van der Waals surface area contributed by atoms with Gasteiger partial charge < -0.3 is 20.3 Å². The summed E-state index contributed by atoms with van der Waals surface area (Å²) < 4.78 is 5.41. The van der Waals surface area contributed by atoms with E-state index in [2.05, 4.69) is 49.5 Å². The predicted octanol–water partition coefficient (Wildman–Crippen LogP) is 1.06. The molecule has 0 radical (unpaired) electrons. The molecule has 1 aromatic rings. The van der Waals surface area contributed by atoms with Gasteiger partial charge in [0.1, 0.15) is 0 Å². The van der Waals surface area contributed by atoms with Crippen molar-refractivity contribution < 1.29 is 4.74 Å². The minimum absolute atomic E-state index is 0.614. The molecule has 4 aliphatic rings. The van der Waals surface area contributed by atoms with Crippen molar-refractivity contribution >= 4 is 17.3 Å². The molecule has 4 fully saturated rings. The number of aromatic nitrogens is 1. The predicted molar refractivity (Wildman–Crippen MR) is 133 cm³/mol. The first-order valence-corrected chi connectivity index (χ1v) is 12.7. The highest BCUT2D eigenvalue weighted by atomic mass is 32.1. The molecular formula is C24H40N6OS. The van der Waals surface area contributed by atoms with Crippen molar-refractivity contribution in [3.8, 4) is 0 Å². The quantitative estimate of drug-likeness (QED) is 0.503. The van der Waals surface area contributed by atoms with Crippen LogP contribution in [0.1, 0.15) is 18.5 Å². The molecule has 4 saturated heterocycles. The zero-order valence-corrected chi connectivity index (χ0v) is 20.4. The number of morpholine rings is 1. The van der Waals surface area contributed by atoms with E-state index in [0.717, 1.165) is 75.9 Å². The Morgan fingerprint density at radius 1 is 1.25 bits per heavy atom. The Morgan fingerprint density at radius 2 is 2.12 bits per heavy atom. The third kappa shape index (κ3) is 7.09. The Balaban J connectivity index is 1.12. The Bertz CT molecular complexity index is 701. The van der Waals surface area contributed by atoms with E-state index in [1.165, 1.54) is 38.2 Å². The standard InChI is InChI=1S/C24H40N6OS/c1-28(9-6-22-4-2-3-7-25-22)18-21-19-30-10-5-20(21)16-23(30)17-27-24(32)26-8-11-29-12-14-31-15-13-29/h2-4,7,20-21,23H,5-6,8-19H2,1H3,(H2,26,27,32)/t20-,21-,23+/m0/s1. The average molecular weight is 461 g/mol. The number of nitrogens with one attached hydrogen (secondary N) is 2. The molecule has 2 N–H and O–H groups in total. The van der Waals surface area contributed by atoms with Crippen LogP contribution in [-0.2, 0) is 11.2 Å². The number of likely N-dealkylation sites (N-methyl/N-ethyl adjacent to an activating group) is 1. The lowest BCUT2D eigenvalue weighted by Gasteiger charge is -2.50. The van der Waals surface area contributed by atoms with Crippen molar-refractivity contribution in [1.29, 1.82) is 0 Å². The summed E-state index contributed by atoms with van der Waals surface area (Å²) in [6, 6.07) is 6.80. The number of piperidine rings is 3. The highest BCUT2D eigenvalue weighted by Gasteiger charge is 2.40. The molecule has 0 amide bonds. The summed E-state index contributed by atoms with van der Waals surface area (Å²) in [7, 11) is 2.26. The SMILES string of the molecule is CN(CCc1ccccn1)C[C@H]1CN2CC[C@H]1C[C@@H]2CNC(=S)NCCN1CCOCC1. The topological polar surface area (TPSA) is 55.9 Å². The summed E-state index contributed by atoms with van der Waals surface area (Å²) in [6.07, 6.45) is 5.56. The molecule has 4 atom stereocenters. The monoisotopic (exact) mass is 460 g/mol. The number of thiocarbonyl (C=S) groups is 1. The van der Waals surface area contributed by atoms with Crippen LogP contribution >= 0.6 is 12.2 Å². The van der Waals surface area contributed by atoms with E-state index in [1.807, 2.05) is 12.3 Å². The second-order valence-electron chi connectivity index (χ2n) is 9.62. The number of nitrogens with zero attached hydrogens (tertiary/aromatic N) is 4. The van der Waals surface area contributed by atoms with Gasteiger partial charge >= 0.3 is 0 Å². The van der Waals surface area contributed by atoms with Crippen LogP contribution in [0.5, 0.6) is 0 Å². The number of hydrogen-bond acceptors (Lipinski definition) is 6. The smallest absolute Gasteiger partial charge is 0.166 e. The summed E-state index contributed by atoms with van der Waals surface area (Å²) in [5, 5.41) is 7.67. The first-order chi connectivity index (χ1) is 15.7. The van der Waals surface area contributed by atoms with Crippen molar-refractivity contribution in [2.75, 3.05) is 79.2 Å². The fourth-order valence-corrected chi connectivity index (χ4v) is 5.62. The molecule has 0 spiro atoms.